The van der Waals surface area contributed by atoms with Crippen molar-refractivity contribution in [2.45, 2.75) is 33.5 Å². The summed E-state index contributed by atoms with van der Waals surface area (Å²) in [6, 6.07) is 3.30. The van der Waals surface area contributed by atoms with E-state index in [0.29, 0.717) is 31.1 Å². The smallest absolute Gasteiger partial charge is 0.355 e. The fourth-order valence-corrected chi connectivity index (χ4v) is 2.64. The molecule has 0 fully saturated rings. The quantitative estimate of drug-likeness (QED) is 0.413. The maximum atomic E-state index is 12.1. The van der Waals surface area contributed by atoms with Crippen LogP contribution in [0.3, 0.4) is 0 Å². The Morgan fingerprint density at radius 3 is 2.71 bits per heavy atom. The predicted molar refractivity (Wildman–Crippen MR) is 103 cm³/mol. The lowest BCUT2D eigenvalue weighted by atomic mass is 10.1. The zero-order valence-corrected chi connectivity index (χ0v) is 16.6. The third-order valence-electron chi connectivity index (χ3n) is 4.23. The molecule has 2 aromatic rings. The lowest BCUT2D eigenvalue weighted by Crippen LogP contribution is -2.44. The summed E-state index contributed by atoms with van der Waals surface area (Å²) >= 11 is 0. The molecule has 1 amide bonds. The van der Waals surface area contributed by atoms with E-state index in [2.05, 4.69) is 5.32 Å². The van der Waals surface area contributed by atoms with Crippen LogP contribution in [-0.4, -0.2) is 55.5 Å². The number of ether oxygens (including phenoxy) is 3. The number of nitrogens with one attached hydrogen (secondary N) is 1. The molecule has 2 heterocycles. The number of hydrogen-bond acceptors (Lipinski definition) is 7. The molecule has 9 nitrogen and oxygen atoms in total. The van der Waals surface area contributed by atoms with Crippen LogP contribution in [-0.2, 0) is 25.7 Å². The van der Waals surface area contributed by atoms with E-state index in [1.807, 2.05) is 13.8 Å². The van der Waals surface area contributed by atoms with Gasteiger partial charge in [-0.05, 0) is 12.8 Å². The maximum absolute atomic E-state index is 12.1. The van der Waals surface area contributed by atoms with E-state index in [1.54, 1.807) is 29.9 Å². The highest BCUT2D eigenvalue weighted by atomic mass is 16.5. The number of furan rings is 1. The molecule has 2 aromatic heterocycles. The van der Waals surface area contributed by atoms with Gasteiger partial charge in [0, 0.05) is 12.1 Å². The van der Waals surface area contributed by atoms with Crippen LogP contribution in [0.4, 0.5) is 0 Å². The number of rotatable bonds is 12. The Kier molecular flexibility index (Phi) is 8.49. The molecule has 28 heavy (non-hydrogen) atoms. The first-order valence-electron chi connectivity index (χ1n) is 9.36. The molecular weight excluding hydrogens is 366 g/mol. The largest absolute Gasteiger partial charge is 0.463 e. The highest BCUT2D eigenvalue weighted by molar-refractivity contribution is 5.93. The van der Waals surface area contributed by atoms with E-state index in [4.69, 9.17) is 24.4 Å². The third-order valence-corrected chi connectivity index (χ3v) is 4.23. The van der Waals surface area contributed by atoms with E-state index in [0.717, 1.165) is 5.52 Å². The molecule has 0 bridgehead atoms. The van der Waals surface area contributed by atoms with Crippen LogP contribution in [0.5, 0.6) is 0 Å². The number of fused-ring (bicyclic) bond motifs is 1. The van der Waals surface area contributed by atoms with Crippen molar-refractivity contribution in [3.63, 3.8) is 0 Å². The Hall–Kier alpha value is -2.36. The number of nitrogens with zero attached hydrogens (tertiary/aromatic N) is 1. The summed E-state index contributed by atoms with van der Waals surface area (Å²) in [6.45, 7) is 7.22. The van der Waals surface area contributed by atoms with Crippen LogP contribution in [0.1, 0.15) is 31.3 Å². The Morgan fingerprint density at radius 1 is 1.29 bits per heavy atom. The maximum Gasteiger partial charge on any atom is 0.355 e. The monoisotopic (exact) mass is 395 g/mol. The molecular formula is C19H29N3O6. The van der Waals surface area contributed by atoms with Gasteiger partial charge >= 0.3 is 5.97 Å². The van der Waals surface area contributed by atoms with Crippen molar-refractivity contribution < 1.29 is 28.2 Å². The second-order valence-corrected chi connectivity index (χ2v) is 6.58. The van der Waals surface area contributed by atoms with Gasteiger partial charge in [-0.15, -0.1) is 0 Å². The van der Waals surface area contributed by atoms with Crippen molar-refractivity contribution in [2.24, 2.45) is 11.7 Å². The molecule has 1 atom stereocenters. The Balaban J connectivity index is 1.82. The van der Waals surface area contributed by atoms with Gasteiger partial charge in [0.05, 0.1) is 50.8 Å². The van der Waals surface area contributed by atoms with Gasteiger partial charge in [0.1, 0.15) is 12.4 Å². The first kappa shape index (κ1) is 21.9. The molecule has 0 saturated carbocycles. The van der Waals surface area contributed by atoms with Gasteiger partial charge in [0.2, 0.25) is 5.91 Å². The zero-order chi connectivity index (χ0) is 20.5. The number of aromatic nitrogens is 1. The van der Waals surface area contributed by atoms with E-state index in [-0.39, 0.29) is 37.7 Å². The Labute approximate surface area is 164 Å². The average molecular weight is 395 g/mol. The van der Waals surface area contributed by atoms with E-state index < -0.39 is 5.97 Å². The van der Waals surface area contributed by atoms with Crippen molar-refractivity contribution in [1.82, 2.24) is 9.88 Å². The van der Waals surface area contributed by atoms with Crippen molar-refractivity contribution in [2.75, 3.05) is 33.0 Å². The average Bonchev–Trinajstić information content (AvgIpc) is 3.25. The van der Waals surface area contributed by atoms with Gasteiger partial charge in [-0.3, -0.25) is 4.79 Å². The molecule has 0 aliphatic heterocycles. The van der Waals surface area contributed by atoms with Gasteiger partial charge in [-0.1, -0.05) is 13.8 Å². The topological polar surface area (TPSA) is 118 Å². The molecule has 0 radical (unpaired) electrons. The van der Waals surface area contributed by atoms with E-state index >= 15 is 0 Å². The second kappa shape index (κ2) is 10.8. The van der Waals surface area contributed by atoms with Crippen LogP contribution >= 0.6 is 0 Å². The molecule has 3 N–H and O–H groups in total. The number of esters is 1. The number of nitrogens with two attached hydrogens (primary N) is 1. The Morgan fingerprint density at radius 2 is 2.04 bits per heavy atom. The zero-order valence-electron chi connectivity index (χ0n) is 16.6. The van der Waals surface area contributed by atoms with Crippen LogP contribution < -0.4 is 11.1 Å². The van der Waals surface area contributed by atoms with Gasteiger partial charge in [0.25, 0.3) is 0 Å². The highest BCUT2D eigenvalue weighted by Gasteiger charge is 2.19. The Bertz CT molecular complexity index is 767. The minimum Gasteiger partial charge on any atom is -0.463 e. The van der Waals surface area contributed by atoms with Crippen molar-refractivity contribution >= 4 is 23.0 Å². The van der Waals surface area contributed by atoms with Crippen molar-refractivity contribution in [3.8, 4) is 0 Å². The van der Waals surface area contributed by atoms with E-state index in [9.17, 15) is 9.59 Å². The normalized spacial score (nSPS) is 12.5. The molecule has 0 aliphatic carbocycles. The van der Waals surface area contributed by atoms with Gasteiger partial charge in [-0.25, -0.2) is 4.79 Å². The fraction of sp³-hybridized carbons (Fsp3) is 0.579. The van der Waals surface area contributed by atoms with Gasteiger partial charge < -0.3 is 34.2 Å². The molecule has 9 heteroatoms. The number of amides is 1. The minimum absolute atomic E-state index is 0.0471. The third kappa shape index (κ3) is 5.82. The summed E-state index contributed by atoms with van der Waals surface area (Å²) in [7, 11) is 0. The fourth-order valence-electron chi connectivity index (χ4n) is 2.64. The first-order valence-corrected chi connectivity index (χ1v) is 9.36. The predicted octanol–water partition coefficient (Wildman–Crippen LogP) is 1.50. The molecule has 0 aromatic carbocycles. The standard InChI is InChI=1S/C19H29N3O6/c1-4-27-19(24)16-9-17-15(5-6-28-17)22(16)12-26-8-7-25-11-14(13(2)3)21-18(23)10-20/h5-6,9,13-14H,4,7-8,10-12,20H2,1-3H3,(H,21,23). The summed E-state index contributed by atoms with van der Waals surface area (Å²) in [4.78, 5) is 23.6. The second-order valence-electron chi connectivity index (χ2n) is 6.58. The number of carbonyl (C=O) groups is 2. The molecule has 0 spiro atoms. The van der Waals surface area contributed by atoms with Crippen LogP contribution in [0.2, 0.25) is 0 Å². The first-order chi connectivity index (χ1) is 13.5. The molecule has 156 valence electrons. The van der Waals surface area contributed by atoms with Crippen molar-refractivity contribution in [3.05, 3.63) is 24.1 Å². The summed E-state index contributed by atoms with van der Waals surface area (Å²) in [6.07, 6.45) is 1.56. The van der Waals surface area contributed by atoms with Crippen LogP contribution in [0, 0.1) is 5.92 Å². The van der Waals surface area contributed by atoms with Gasteiger partial charge in [0.15, 0.2) is 5.58 Å². The minimum atomic E-state index is -0.427. The summed E-state index contributed by atoms with van der Waals surface area (Å²) in [5.41, 5.74) is 7.06. The number of carbonyl (C=O) groups excluding carboxylic acids is 2. The SMILES string of the molecule is CCOC(=O)c1cc2occc2n1COCCOCC(NC(=O)CN)C(C)C. The summed E-state index contributed by atoms with van der Waals surface area (Å²) in [5, 5.41) is 2.83. The summed E-state index contributed by atoms with van der Waals surface area (Å²) < 4.78 is 23.4. The summed E-state index contributed by atoms with van der Waals surface area (Å²) in [5.74, 6) is -0.413. The van der Waals surface area contributed by atoms with E-state index in [1.165, 1.54) is 0 Å². The number of hydrogen-bond donors (Lipinski definition) is 2. The van der Waals surface area contributed by atoms with Gasteiger partial charge in [-0.2, -0.15) is 0 Å². The van der Waals surface area contributed by atoms with Crippen LogP contribution in [0.15, 0.2) is 22.8 Å². The molecule has 2 rings (SSSR count). The van der Waals surface area contributed by atoms with Crippen molar-refractivity contribution in [1.29, 1.82) is 0 Å². The lowest BCUT2D eigenvalue weighted by molar-refractivity contribution is -0.121. The molecule has 0 saturated heterocycles. The lowest BCUT2D eigenvalue weighted by Gasteiger charge is -2.22. The van der Waals surface area contributed by atoms with Crippen LogP contribution in [0.25, 0.3) is 11.1 Å². The highest BCUT2D eigenvalue weighted by Crippen LogP contribution is 2.21. The molecule has 1 unspecified atom stereocenters. The molecule has 0 aliphatic rings.